The molecular weight excluding hydrogens is 304 g/mol. The quantitative estimate of drug-likeness (QED) is 0.827. The van der Waals surface area contributed by atoms with E-state index in [-0.39, 0.29) is 6.61 Å². The van der Waals surface area contributed by atoms with E-state index >= 15 is 0 Å². The van der Waals surface area contributed by atoms with Gasteiger partial charge in [0.1, 0.15) is 5.56 Å². The Morgan fingerprint density at radius 1 is 1.50 bits per heavy atom. The van der Waals surface area contributed by atoms with Crippen molar-refractivity contribution in [1.29, 1.82) is 0 Å². The molecule has 1 heterocycles. The lowest BCUT2D eigenvalue weighted by Gasteiger charge is -2.16. The van der Waals surface area contributed by atoms with Crippen LogP contribution in [0, 0.1) is 6.92 Å². The van der Waals surface area contributed by atoms with Crippen LogP contribution in [-0.2, 0) is 4.74 Å². The smallest absolute Gasteiger partial charge is 0.341 e. The van der Waals surface area contributed by atoms with E-state index in [1.54, 1.807) is 19.9 Å². The number of aryl methyl sites for hydroxylation is 1. The zero-order chi connectivity index (χ0) is 16.3. The predicted octanol–water partition coefficient (Wildman–Crippen LogP) is 3.17. The molecular formula is C16H19ClN2O3. The third kappa shape index (κ3) is 3.31. The molecule has 0 saturated heterocycles. The summed E-state index contributed by atoms with van der Waals surface area (Å²) in [5.74, 6) is -0.447. The number of aliphatic hydroxyl groups excluding tert-OH is 1. The van der Waals surface area contributed by atoms with Crippen LogP contribution < -0.4 is 5.32 Å². The van der Waals surface area contributed by atoms with Gasteiger partial charge in [0.2, 0.25) is 0 Å². The van der Waals surface area contributed by atoms with Crippen molar-refractivity contribution in [2.45, 2.75) is 26.9 Å². The van der Waals surface area contributed by atoms with Gasteiger partial charge >= 0.3 is 5.97 Å². The van der Waals surface area contributed by atoms with Gasteiger partial charge in [-0.3, -0.25) is 4.98 Å². The summed E-state index contributed by atoms with van der Waals surface area (Å²) < 4.78 is 5.07. The van der Waals surface area contributed by atoms with E-state index in [1.807, 2.05) is 13.0 Å². The number of esters is 1. The van der Waals surface area contributed by atoms with Crippen LogP contribution in [-0.4, -0.2) is 35.3 Å². The number of carbonyl (C=O) groups is 1. The van der Waals surface area contributed by atoms with Gasteiger partial charge in [0, 0.05) is 23.2 Å². The number of rotatable bonds is 5. The van der Waals surface area contributed by atoms with Crippen molar-refractivity contribution < 1.29 is 14.6 Å². The fraction of sp³-hybridized carbons (Fsp3) is 0.375. The molecule has 22 heavy (non-hydrogen) atoms. The van der Waals surface area contributed by atoms with E-state index in [9.17, 15) is 9.90 Å². The maximum atomic E-state index is 12.1. The van der Waals surface area contributed by atoms with E-state index in [0.29, 0.717) is 28.3 Å². The molecule has 2 rings (SSSR count). The number of ether oxygens (including phenoxy) is 1. The summed E-state index contributed by atoms with van der Waals surface area (Å²) in [6, 6.07) is 3.58. The van der Waals surface area contributed by atoms with Crippen LogP contribution in [0.2, 0.25) is 5.02 Å². The highest BCUT2D eigenvalue weighted by Crippen LogP contribution is 2.31. The fourth-order valence-corrected chi connectivity index (χ4v) is 2.34. The molecule has 6 heteroatoms. The molecule has 0 spiro atoms. The topological polar surface area (TPSA) is 71.5 Å². The maximum Gasteiger partial charge on any atom is 0.341 e. The largest absolute Gasteiger partial charge is 0.462 e. The molecule has 0 aliphatic heterocycles. The maximum absolute atomic E-state index is 12.1. The molecule has 0 bridgehead atoms. The Bertz CT molecular complexity index is 701. The minimum atomic E-state index is -0.549. The molecule has 1 unspecified atom stereocenters. The number of nitrogens with one attached hydrogen (secondary N) is 1. The number of benzene rings is 1. The van der Waals surface area contributed by atoms with Gasteiger partial charge in [0.15, 0.2) is 0 Å². The highest BCUT2D eigenvalue weighted by molar-refractivity contribution is 6.32. The van der Waals surface area contributed by atoms with Crippen molar-refractivity contribution >= 4 is 34.2 Å². The second-order valence-corrected chi connectivity index (χ2v) is 5.47. The second-order valence-electron chi connectivity index (χ2n) is 5.07. The predicted molar refractivity (Wildman–Crippen MR) is 87.6 cm³/mol. The zero-order valence-corrected chi connectivity index (χ0v) is 13.6. The number of aromatic nitrogens is 1. The van der Waals surface area contributed by atoms with Crippen LogP contribution >= 0.6 is 11.6 Å². The van der Waals surface area contributed by atoms with E-state index in [2.05, 4.69) is 10.3 Å². The first-order valence-corrected chi connectivity index (χ1v) is 7.50. The molecule has 0 fully saturated rings. The molecule has 0 saturated carbocycles. The summed E-state index contributed by atoms with van der Waals surface area (Å²) in [6.45, 7) is 5.89. The first-order chi connectivity index (χ1) is 10.5. The number of hydrogen-bond donors (Lipinski definition) is 2. The molecule has 1 aromatic carbocycles. The lowest BCUT2D eigenvalue weighted by atomic mass is 10.1. The van der Waals surface area contributed by atoms with Gasteiger partial charge in [-0.15, -0.1) is 0 Å². The standard InChI is InChI=1S/C16H19ClN2O3/c1-4-22-16(21)12-8-19-14-10(3)13(17)6-5-11(14)15(12)18-7-9(2)20/h5-6,8-9,20H,4,7H2,1-3H3,(H,18,19). The Balaban J connectivity index is 2.61. The Kier molecular flexibility index (Phi) is 5.21. The second kappa shape index (κ2) is 6.94. The number of carbonyl (C=O) groups excluding carboxylic acids is 1. The van der Waals surface area contributed by atoms with Crippen molar-refractivity contribution in [1.82, 2.24) is 4.98 Å². The summed E-state index contributed by atoms with van der Waals surface area (Å²) in [4.78, 5) is 16.5. The highest BCUT2D eigenvalue weighted by atomic mass is 35.5. The average molecular weight is 323 g/mol. The van der Waals surface area contributed by atoms with Gasteiger partial charge < -0.3 is 15.2 Å². The third-order valence-corrected chi connectivity index (χ3v) is 3.71. The SMILES string of the molecule is CCOC(=O)c1cnc2c(C)c(Cl)ccc2c1NCC(C)O. The Morgan fingerprint density at radius 3 is 2.86 bits per heavy atom. The van der Waals surface area contributed by atoms with Crippen molar-refractivity contribution in [3.05, 3.63) is 34.5 Å². The average Bonchev–Trinajstić information content (AvgIpc) is 2.48. The lowest BCUT2D eigenvalue weighted by Crippen LogP contribution is -2.18. The third-order valence-electron chi connectivity index (χ3n) is 3.30. The number of pyridine rings is 1. The van der Waals surface area contributed by atoms with Crippen LogP contribution in [0.4, 0.5) is 5.69 Å². The number of fused-ring (bicyclic) bond motifs is 1. The number of aliphatic hydroxyl groups is 1. The summed E-state index contributed by atoms with van der Waals surface area (Å²) >= 11 is 6.13. The molecule has 0 amide bonds. The van der Waals surface area contributed by atoms with Gasteiger partial charge in [-0.1, -0.05) is 11.6 Å². The van der Waals surface area contributed by atoms with Crippen molar-refractivity contribution in [3.8, 4) is 0 Å². The van der Waals surface area contributed by atoms with Crippen molar-refractivity contribution in [2.75, 3.05) is 18.5 Å². The van der Waals surface area contributed by atoms with E-state index in [1.165, 1.54) is 6.20 Å². The molecule has 0 radical (unpaired) electrons. The van der Waals surface area contributed by atoms with Crippen LogP contribution in [0.15, 0.2) is 18.3 Å². The molecule has 1 aromatic heterocycles. The lowest BCUT2D eigenvalue weighted by molar-refractivity contribution is 0.0527. The zero-order valence-electron chi connectivity index (χ0n) is 12.8. The van der Waals surface area contributed by atoms with Gasteiger partial charge in [0.05, 0.1) is 23.9 Å². The number of nitrogens with zero attached hydrogens (tertiary/aromatic N) is 1. The molecule has 5 nitrogen and oxygen atoms in total. The first kappa shape index (κ1) is 16.5. The van der Waals surface area contributed by atoms with Crippen LogP contribution in [0.1, 0.15) is 29.8 Å². The molecule has 0 aliphatic rings. The van der Waals surface area contributed by atoms with E-state index < -0.39 is 12.1 Å². The summed E-state index contributed by atoms with van der Waals surface area (Å²) in [7, 11) is 0. The number of hydrogen-bond acceptors (Lipinski definition) is 5. The van der Waals surface area contributed by atoms with Crippen molar-refractivity contribution in [2.24, 2.45) is 0 Å². The molecule has 2 N–H and O–H groups in total. The number of anilines is 1. The molecule has 118 valence electrons. The summed E-state index contributed by atoms with van der Waals surface area (Å²) in [5, 5.41) is 14.0. The van der Waals surface area contributed by atoms with Gasteiger partial charge in [-0.05, 0) is 38.5 Å². The highest BCUT2D eigenvalue weighted by Gasteiger charge is 2.18. The van der Waals surface area contributed by atoms with Crippen LogP contribution in [0.5, 0.6) is 0 Å². The van der Waals surface area contributed by atoms with E-state index in [0.717, 1.165) is 10.9 Å². The van der Waals surface area contributed by atoms with E-state index in [4.69, 9.17) is 16.3 Å². The molecule has 1 atom stereocenters. The fourth-order valence-electron chi connectivity index (χ4n) is 2.19. The van der Waals surface area contributed by atoms with Gasteiger partial charge in [0.25, 0.3) is 0 Å². The summed E-state index contributed by atoms with van der Waals surface area (Å²) in [5.41, 5.74) is 2.50. The number of halogens is 1. The first-order valence-electron chi connectivity index (χ1n) is 7.12. The van der Waals surface area contributed by atoms with Crippen LogP contribution in [0.25, 0.3) is 10.9 Å². The normalized spacial score (nSPS) is 12.2. The summed E-state index contributed by atoms with van der Waals surface area (Å²) in [6.07, 6.45) is 0.931. The minimum absolute atomic E-state index is 0.284. The Labute approximate surface area is 134 Å². The Hall–Kier alpha value is -1.85. The monoisotopic (exact) mass is 322 g/mol. The molecule has 2 aromatic rings. The van der Waals surface area contributed by atoms with Crippen LogP contribution in [0.3, 0.4) is 0 Å². The van der Waals surface area contributed by atoms with Gasteiger partial charge in [-0.25, -0.2) is 4.79 Å². The molecule has 0 aliphatic carbocycles. The Morgan fingerprint density at radius 2 is 2.23 bits per heavy atom. The minimum Gasteiger partial charge on any atom is -0.462 e. The van der Waals surface area contributed by atoms with Gasteiger partial charge in [-0.2, -0.15) is 0 Å². The van der Waals surface area contributed by atoms with Crippen molar-refractivity contribution in [3.63, 3.8) is 0 Å².